The van der Waals surface area contributed by atoms with Gasteiger partial charge < -0.3 is 26.6 Å². The Morgan fingerprint density at radius 3 is 2.83 bits per heavy atom. The van der Waals surface area contributed by atoms with Gasteiger partial charge in [0.05, 0.1) is 37.8 Å². The summed E-state index contributed by atoms with van der Waals surface area (Å²) in [4.78, 5) is 12.4. The number of rotatable bonds is 10. The largest absolute Gasteiger partial charge is 1.00 e. The SMILES string of the molecule is CCCCCCOc1nsnc1C1=CCC[N+](C)(COC(=O)C2CCOCC2)C1.[Cl-]. The van der Waals surface area contributed by atoms with Crippen molar-refractivity contribution in [2.45, 2.75) is 51.9 Å². The molecule has 0 aliphatic carbocycles. The number of likely N-dealkylation sites (N-methyl/N-ethyl adjacent to an activating group) is 1. The highest BCUT2D eigenvalue weighted by Crippen LogP contribution is 2.30. The second-order valence-corrected chi connectivity index (χ2v) is 8.85. The van der Waals surface area contributed by atoms with Crippen LogP contribution in [0.25, 0.3) is 5.57 Å². The first kappa shape index (κ1) is 25.0. The fraction of sp³-hybridized carbons (Fsp3) is 0.762. The van der Waals surface area contributed by atoms with E-state index in [0.717, 1.165) is 50.0 Å². The van der Waals surface area contributed by atoms with Crippen LogP contribution in [-0.4, -0.2) is 65.9 Å². The van der Waals surface area contributed by atoms with Crippen LogP contribution in [0.1, 0.15) is 57.6 Å². The number of hydrogen-bond donors (Lipinski definition) is 0. The molecule has 0 saturated carbocycles. The van der Waals surface area contributed by atoms with E-state index in [0.29, 0.717) is 36.9 Å². The molecule has 3 rings (SSSR count). The molecule has 9 heteroatoms. The van der Waals surface area contributed by atoms with E-state index in [1.165, 1.54) is 31.0 Å². The maximum absolute atomic E-state index is 12.4. The summed E-state index contributed by atoms with van der Waals surface area (Å²) in [5.41, 5.74) is 1.99. The highest BCUT2D eigenvalue weighted by Gasteiger charge is 2.32. The third-order valence-corrected chi connectivity index (χ3v) is 6.20. The lowest BCUT2D eigenvalue weighted by molar-refractivity contribution is -0.919. The number of halogens is 1. The predicted molar refractivity (Wildman–Crippen MR) is 113 cm³/mol. The lowest BCUT2D eigenvalue weighted by Gasteiger charge is -2.36. The lowest BCUT2D eigenvalue weighted by Crippen LogP contribution is -3.00. The highest BCUT2D eigenvalue weighted by molar-refractivity contribution is 6.99. The summed E-state index contributed by atoms with van der Waals surface area (Å²) in [5.74, 6) is 0.534. The van der Waals surface area contributed by atoms with Crippen molar-refractivity contribution in [3.63, 3.8) is 0 Å². The van der Waals surface area contributed by atoms with Crippen LogP contribution in [0.3, 0.4) is 0 Å². The quantitative estimate of drug-likeness (QED) is 0.291. The Morgan fingerprint density at radius 1 is 1.27 bits per heavy atom. The van der Waals surface area contributed by atoms with Crippen molar-refractivity contribution >= 4 is 23.3 Å². The lowest BCUT2D eigenvalue weighted by atomic mass is 10.0. The third-order valence-electron chi connectivity index (χ3n) is 5.68. The molecule has 30 heavy (non-hydrogen) atoms. The van der Waals surface area contributed by atoms with E-state index < -0.39 is 0 Å². The van der Waals surface area contributed by atoms with Crippen molar-refractivity contribution < 1.29 is 35.9 Å². The summed E-state index contributed by atoms with van der Waals surface area (Å²) in [6.45, 7) is 6.27. The Bertz CT molecular complexity index is 694. The second-order valence-electron chi connectivity index (χ2n) is 8.33. The van der Waals surface area contributed by atoms with Crippen LogP contribution in [0.15, 0.2) is 6.08 Å². The molecule has 1 atom stereocenters. The Morgan fingerprint density at radius 2 is 2.07 bits per heavy atom. The van der Waals surface area contributed by atoms with Crippen LogP contribution < -0.4 is 17.1 Å². The fourth-order valence-corrected chi connectivity index (χ4v) is 4.36. The molecule has 1 fully saturated rings. The maximum Gasteiger partial charge on any atom is 0.313 e. The van der Waals surface area contributed by atoms with Crippen molar-refractivity contribution in [3.05, 3.63) is 11.8 Å². The van der Waals surface area contributed by atoms with Gasteiger partial charge in [-0.15, -0.1) is 4.37 Å². The molecule has 0 N–H and O–H groups in total. The van der Waals surface area contributed by atoms with Gasteiger partial charge >= 0.3 is 5.97 Å². The van der Waals surface area contributed by atoms with Gasteiger partial charge in [0, 0.05) is 25.2 Å². The molecule has 1 unspecified atom stereocenters. The van der Waals surface area contributed by atoms with E-state index in [-0.39, 0.29) is 24.3 Å². The second kappa shape index (κ2) is 12.6. The van der Waals surface area contributed by atoms with Crippen molar-refractivity contribution in [2.24, 2.45) is 5.92 Å². The molecule has 3 heterocycles. The minimum absolute atomic E-state index is 0. The first-order valence-electron chi connectivity index (χ1n) is 10.8. The first-order valence-corrected chi connectivity index (χ1v) is 11.6. The summed E-state index contributed by atoms with van der Waals surface area (Å²) in [6, 6.07) is 0. The number of unbranched alkanes of at least 4 members (excludes halogenated alkanes) is 3. The number of aromatic nitrogens is 2. The fourth-order valence-electron chi connectivity index (χ4n) is 3.83. The van der Waals surface area contributed by atoms with E-state index in [1.807, 2.05) is 0 Å². The number of carbonyl (C=O) groups excluding carboxylic acids is 1. The average molecular weight is 460 g/mol. The number of ether oxygens (including phenoxy) is 3. The molecule has 0 radical (unpaired) electrons. The van der Waals surface area contributed by atoms with Crippen LogP contribution in [0, 0.1) is 5.92 Å². The Labute approximate surface area is 190 Å². The molecule has 0 amide bonds. The van der Waals surface area contributed by atoms with Crippen LogP contribution in [0.4, 0.5) is 0 Å². The van der Waals surface area contributed by atoms with Gasteiger partial charge in [-0.3, -0.25) is 9.28 Å². The molecule has 170 valence electrons. The smallest absolute Gasteiger partial charge is 0.313 e. The van der Waals surface area contributed by atoms with Gasteiger partial charge in [-0.25, -0.2) is 0 Å². The van der Waals surface area contributed by atoms with Crippen LogP contribution >= 0.6 is 11.7 Å². The molecule has 1 aromatic rings. The van der Waals surface area contributed by atoms with Crippen LogP contribution in [0.2, 0.25) is 0 Å². The van der Waals surface area contributed by atoms with Crippen molar-refractivity contribution in [3.8, 4) is 5.88 Å². The molecule has 0 bridgehead atoms. The molecule has 7 nitrogen and oxygen atoms in total. The minimum Gasteiger partial charge on any atom is -1.00 e. The van der Waals surface area contributed by atoms with Gasteiger partial charge in [-0.05, 0) is 19.3 Å². The van der Waals surface area contributed by atoms with E-state index in [1.54, 1.807) is 0 Å². The normalized spacial score (nSPS) is 22.1. The summed E-state index contributed by atoms with van der Waals surface area (Å²) in [5, 5.41) is 0. The maximum atomic E-state index is 12.4. The zero-order valence-corrected chi connectivity index (χ0v) is 19.7. The number of nitrogens with zero attached hydrogens (tertiary/aromatic N) is 3. The van der Waals surface area contributed by atoms with Crippen LogP contribution in [-0.2, 0) is 14.3 Å². The molecule has 2 aliphatic rings. The molecular formula is C21H34ClN3O4S. The zero-order valence-electron chi connectivity index (χ0n) is 18.1. The third kappa shape index (κ3) is 7.18. The molecular weight excluding hydrogens is 426 g/mol. The molecule has 2 aliphatic heterocycles. The number of esters is 1. The van der Waals surface area contributed by atoms with Gasteiger partial charge in [0.25, 0.3) is 5.88 Å². The standard InChI is InChI=1S/C21H34N3O4S.ClH/c1-3-4-5-6-12-27-20-19(22-29-23-20)18-8-7-11-24(2,15-18)16-28-21(25)17-9-13-26-14-10-17;/h8,17H,3-7,9-16H2,1-2H3;1H/q+1;/p-1. The monoisotopic (exact) mass is 459 g/mol. The Kier molecular flexibility index (Phi) is 10.5. The molecule has 1 saturated heterocycles. The molecule has 0 aromatic carbocycles. The topological polar surface area (TPSA) is 70.5 Å². The van der Waals surface area contributed by atoms with Crippen LogP contribution in [0.5, 0.6) is 5.88 Å². The highest BCUT2D eigenvalue weighted by atomic mass is 35.5. The Hall–Kier alpha value is -1.22. The summed E-state index contributed by atoms with van der Waals surface area (Å²) in [6.07, 6.45) is 9.34. The van der Waals surface area contributed by atoms with Gasteiger partial charge in [0.2, 0.25) is 6.73 Å². The van der Waals surface area contributed by atoms with Gasteiger partial charge in [-0.1, -0.05) is 32.3 Å². The van der Waals surface area contributed by atoms with E-state index in [2.05, 4.69) is 28.8 Å². The minimum atomic E-state index is -0.0878. The van der Waals surface area contributed by atoms with Crippen molar-refractivity contribution in [1.29, 1.82) is 0 Å². The van der Waals surface area contributed by atoms with Gasteiger partial charge in [0.1, 0.15) is 12.2 Å². The number of quaternary nitrogens is 1. The summed E-state index contributed by atoms with van der Waals surface area (Å²) in [7, 11) is 2.13. The predicted octanol–water partition coefficient (Wildman–Crippen LogP) is 0.662. The molecule has 1 aromatic heterocycles. The van der Waals surface area contributed by atoms with E-state index >= 15 is 0 Å². The van der Waals surface area contributed by atoms with Crippen molar-refractivity contribution in [1.82, 2.24) is 8.75 Å². The van der Waals surface area contributed by atoms with E-state index in [4.69, 9.17) is 14.2 Å². The summed E-state index contributed by atoms with van der Waals surface area (Å²) >= 11 is 1.20. The molecule has 0 spiro atoms. The average Bonchev–Trinajstić information content (AvgIpc) is 3.21. The first-order chi connectivity index (χ1) is 14.1. The van der Waals surface area contributed by atoms with Crippen molar-refractivity contribution in [2.75, 3.05) is 46.7 Å². The van der Waals surface area contributed by atoms with E-state index in [9.17, 15) is 4.79 Å². The number of hydrogen-bond acceptors (Lipinski definition) is 7. The Balaban J connectivity index is 0.00000320. The zero-order chi connectivity index (χ0) is 20.5. The summed E-state index contributed by atoms with van der Waals surface area (Å²) < 4.78 is 26.5. The number of carbonyl (C=O) groups is 1. The van der Waals surface area contributed by atoms with Gasteiger partial charge in [-0.2, -0.15) is 4.37 Å². The van der Waals surface area contributed by atoms with Gasteiger partial charge in [0.15, 0.2) is 0 Å².